The van der Waals surface area contributed by atoms with E-state index >= 15 is 0 Å². The van der Waals surface area contributed by atoms with E-state index in [1.54, 1.807) is 0 Å². The Hall–Kier alpha value is -2.61. The van der Waals surface area contributed by atoms with Gasteiger partial charge in [-0.25, -0.2) is 4.79 Å². The lowest BCUT2D eigenvalue weighted by atomic mass is 10.0. The van der Waals surface area contributed by atoms with Crippen molar-refractivity contribution >= 4 is 23.7 Å². The summed E-state index contributed by atoms with van der Waals surface area (Å²) in [7, 11) is 1.83. The van der Waals surface area contributed by atoms with Gasteiger partial charge in [0, 0.05) is 20.1 Å². The largest absolute Gasteiger partial charge is 0.383 e. The number of carbonyl (C=O) groups excluding carboxylic acids is 1. The number of H-pyrrole nitrogens is 1. The first kappa shape index (κ1) is 20.7. The first-order valence-electron chi connectivity index (χ1n) is 9.36. The fourth-order valence-electron chi connectivity index (χ4n) is 3.37. The number of likely N-dealkylation sites (tertiary alicyclic amines) is 1. The quantitative estimate of drug-likeness (QED) is 0.424. The average molecular weight is 374 g/mol. The third kappa shape index (κ3) is 6.25. The van der Waals surface area contributed by atoms with Crippen molar-refractivity contribution in [3.8, 4) is 0 Å². The highest BCUT2D eigenvalue weighted by atomic mass is 16.1. The summed E-state index contributed by atoms with van der Waals surface area (Å²) in [4.78, 5) is 33.2. The van der Waals surface area contributed by atoms with Gasteiger partial charge in [-0.2, -0.15) is 4.98 Å². The number of amides is 1. The number of carbonyl (C=O) groups is 1. The van der Waals surface area contributed by atoms with Gasteiger partial charge in [-0.05, 0) is 38.3 Å². The second-order valence-electron chi connectivity index (χ2n) is 6.87. The second kappa shape index (κ2) is 10.5. The van der Waals surface area contributed by atoms with E-state index in [9.17, 15) is 9.59 Å². The Morgan fingerprint density at radius 1 is 1.41 bits per heavy atom. The third-order valence-electron chi connectivity index (χ3n) is 4.71. The Morgan fingerprint density at radius 2 is 2.15 bits per heavy atom. The van der Waals surface area contributed by atoms with Gasteiger partial charge in [0.15, 0.2) is 5.82 Å². The molecule has 1 unspecified atom stereocenters. The maximum absolute atomic E-state index is 11.7. The maximum Gasteiger partial charge on any atom is 0.348 e. The van der Waals surface area contributed by atoms with Crippen molar-refractivity contribution in [3.05, 3.63) is 35.3 Å². The first-order chi connectivity index (χ1) is 13.0. The highest BCUT2D eigenvalue weighted by Crippen LogP contribution is 2.26. The molecule has 0 aliphatic carbocycles. The van der Waals surface area contributed by atoms with Crippen molar-refractivity contribution in [2.75, 3.05) is 49.2 Å². The molecule has 1 aliphatic rings. The van der Waals surface area contributed by atoms with E-state index in [1.807, 2.05) is 18.0 Å². The van der Waals surface area contributed by atoms with Crippen LogP contribution in [0.2, 0.25) is 0 Å². The number of hydrogen-bond acceptors (Lipinski definition) is 6. The molecule has 1 fully saturated rings. The minimum absolute atomic E-state index is 0.0878. The van der Waals surface area contributed by atoms with E-state index in [2.05, 4.69) is 38.9 Å². The van der Waals surface area contributed by atoms with Crippen molar-refractivity contribution < 1.29 is 4.79 Å². The van der Waals surface area contributed by atoms with Crippen LogP contribution in [-0.4, -0.2) is 54.5 Å². The zero-order valence-corrected chi connectivity index (χ0v) is 16.0. The van der Waals surface area contributed by atoms with E-state index < -0.39 is 5.69 Å². The van der Waals surface area contributed by atoms with Crippen LogP contribution in [0.15, 0.2) is 29.6 Å². The van der Waals surface area contributed by atoms with Crippen molar-refractivity contribution in [2.45, 2.75) is 25.7 Å². The molecule has 27 heavy (non-hydrogen) atoms. The normalized spacial score (nSPS) is 16.2. The lowest BCUT2D eigenvalue weighted by Gasteiger charge is -2.26. The number of nitrogens with two attached hydrogens (primary N) is 1. The van der Waals surface area contributed by atoms with Gasteiger partial charge >= 0.3 is 5.69 Å². The minimum atomic E-state index is -0.549. The summed E-state index contributed by atoms with van der Waals surface area (Å²) in [5, 5.41) is 2.52. The van der Waals surface area contributed by atoms with Crippen LogP contribution in [0, 0.1) is 5.92 Å². The van der Waals surface area contributed by atoms with E-state index in [4.69, 9.17) is 5.73 Å². The number of piperidine rings is 1. The van der Waals surface area contributed by atoms with Crippen LogP contribution in [0.3, 0.4) is 0 Å². The summed E-state index contributed by atoms with van der Waals surface area (Å²) in [6.07, 6.45) is 11.5. The van der Waals surface area contributed by atoms with E-state index in [0.29, 0.717) is 24.5 Å². The molecule has 148 valence electrons. The SMILES string of the molecule is C=CCC(/C=C/CN1CCCCC1)CN(C)c1nc(=O)[nH]c(N)c1NC=O. The van der Waals surface area contributed by atoms with Crippen LogP contribution in [0.5, 0.6) is 0 Å². The summed E-state index contributed by atoms with van der Waals surface area (Å²) < 4.78 is 0. The van der Waals surface area contributed by atoms with Crippen molar-refractivity contribution in [3.63, 3.8) is 0 Å². The van der Waals surface area contributed by atoms with Crippen LogP contribution in [-0.2, 0) is 4.79 Å². The highest BCUT2D eigenvalue weighted by molar-refractivity contribution is 5.85. The molecule has 2 heterocycles. The van der Waals surface area contributed by atoms with Gasteiger partial charge in [0.25, 0.3) is 0 Å². The Labute approximate surface area is 160 Å². The smallest absolute Gasteiger partial charge is 0.348 e. The summed E-state index contributed by atoms with van der Waals surface area (Å²) >= 11 is 0. The molecule has 8 heteroatoms. The van der Waals surface area contributed by atoms with Gasteiger partial charge in [0.2, 0.25) is 6.41 Å². The van der Waals surface area contributed by atoms with E-state index in [-0.39, 0.29) is 11.7 Å². The number of aromatic amines is 1. The molecule has 1 aromatic heterocycles. The molecule has 1 atom stereocenters. The molecule has 0 spiro atoms. The van der Waals surface area contributed by atoms with Crippen LogP contribution in [0.25, 0.3) is 0 Å². The average Bonchev–Trinajstić information content (AvgIpc) is 2.64. The summed E-state index contributed by atoms with van der Waals surface area (Å²) in [6, 6.07) is 0. The van der Waals surface area contributed by atoms with Gasteiger partial charge in [-0.1, -0.05) is 24.6 Å². The fourth-order valence-corrected chi connectivity index (χ4v) is 3.37. The van der Waals surface area contributed by atoms with Crippen molar-refractivity contribution in [1.29, 1.82) is 0 Å². The van der Waals surface area contributed by atoms with Gasteiger partial charge in [0.1, 0.15) is 11.5 Å². The predicted molar refractivity (Wildman–Crippen MR) is 110 cm³/mol. The second-order valence-corrected chi connectivity index (χ2v) is 6.87. The molecule has 0 saturated carbocycles. The number of anilines is 3. The van der Waals surface area contributed by atoms with Gasteiger partial charge < -0.3 is 16.0 Å². The third-order valence-corrected chi connectivity index (χ3v) is 4.71. The zero-order valence-electron chi connectivity index (χ0n) is 16.0. The lowest BCUT2D eigenvalue weighted by Crippen LogP contribution is -2.30. The Bertz CT molecular complexity index is 709. The molecule has 0 bridgehead atoms. The Kier molecular flexibility index (Phi) is 8.06. The van der Waals surface area contributed by atoms with Crippen LogP contribution in [0.4, 0.5) is 17.3 Å². The van der Waals surface area contributed by atoms with Crippen LogP contribution in [0.1, 0.15) is 25.7 Å². The molecule has 4 N–H and O–H groups in total. The molecule has 1 aliphatic heterocycles. The predicted octanol–water partition coefficient (Wildman–Crippen LogP) is 1.59. The molecule has 8 nitrogen and oxygen atoms in total. The Morgan fingerprint density at radius 3 is 2.81 bits per heavy atom. The van der Waals surface area contributed by atoms with Gasteiger partial charge in [-0.15, -0.1) is 6.58 Å². The number of rotatable bonds is 10. The fraction of sp³-hybridized carbons (Fsp3) is 0.526. The summed E-state index contributed by atoms with van der Waals surface area (Å²) in [5.41, 5.74) is 5.58. The number of nitrogen functional groups attached to an aromatic ring is 1. The minimum Gasteiger partial charge on any atom is -0.383 e. The number of aromatic nitrogens is 2. The topological polar surface area (TPSA) is 107 Å². The molecule has 2 rings (SSSR count). The summed E-state index contributed by atoms with van der Waals surface area (Å²) in [5.74, 6) is 0.649. The monoisotopic (exact) mass is 374 g/mol. The number of nitrogens with zero attached hydrogens (tertiary/aromatic N) is 3. The molecule has 1 aromatic rings. The van der Waals surface area contributed by atoms with E-state index in [1.165, 1.54) is 19.3 Å². The molecular formula is C19H30N6O2. The Balaban J connectivity index is 2.07. The molecule has 0 aromatic carbocycles. The van der Waals surface area contributed by atoms with Crippen molar-refractivity contribution in [2.24, 2.45) is 5.92 Å². The molecule has 1 saturated heterocycles. The molecule has 0 radical (unpaired) electrons. The van der Waals surface area contributed by atoms with Crippen LogP contribution >= 0.6 is 0 Å². The maximum atomic E-state index is 11.7. The van der Waals surface area contributed by atoms with Gasteiger partial charge in [0.05, 0.1) is 0 Å². The zero-order chi connectivity index (χ0) is 19.6. The molecular weight excluding hydrogens is 344 g/mol. The number of nitrogens with one attached hydrogen (secondary N) is 2. The highest BCUT2D eigenvalue weighted by Gasteiger charge is 2.17. The number of hydrogen-bond donors (Lipinski definition) is 3. The lowest BCUT2D eigenvalue weighted by molar-refractivity contribution is -0.105. The van der Waals surface area contributed by atoms with Crippen LogP contribution < -0.4 is 21.6 Å². The van der Waals surface area contributed by atoms with E-state index in [0.717, 1.165) is 26.1 Å². The number of allylic oxidation sites excluding steroid dienone is 1. The first-order valence-corrected chi connectivity index (χ1v) is 9.36. The molecule has 1 amide bonds. The summed E-state index contributed by atoms with van der Waals surface area (Å²) in [6.45, 7) is 7.73. The standard InChI is InChI=1S/C19H30N6O2/c1-3-8-15(9-7-12-25-10-5-4-6-11-25)13-24(2)18-16(21-14-26)17(20)22-19(27)23-18/h3,7,9,14-15H,1,4-6,8,10-13H2,2H3,(H,21,26)(H3,20,22,23,27)/b9-7+. The van der Waals surface area contributed by atoms with Crippen molar-refractivity contribution in [1.82, 2.24) is 14.9 Å². The van der Waals surface area contributed by atoms with Gasteiger partial charge in [-0.3, -0.25) is 14.7 Å².